The molecule has 0 fully saturated rings. The number of nitrogens with zero attached hydrogens (tertiary/aromatic N) is 1. The molecule has 0 aliphatic carbocycles. The van der Waals surface area contributed by atoms with Gasteiger partial charge in [0.1, 0.15) is 12.4 Å². The van der Waals surface area contributed by atoms with E-state index in [0.717, 1.165) is 27.2 Å². The zero-order chi connectivity index (χ0) is 16.7. The Bertz CT molecular complexity index is 661. The first-order valence-electron chi connectivity index (χ1n) is 7.45. The highest BCUT2D eigenvalue weighted by Gasteiger charge is 2.12. The number of hydrogen-bond donors (Lipinski definition) is 1. The first-order valence-corrected chi connectivity index (χ1v) is 8.25. The predicted molar refractivity (Wildman–Crippen MR) is 100 cm³/mol. The molecule has 1 heterocycles. The highest BCUT2D eigenvalue weighted by molar-refractivity contribution is 9.10. The van der Waals surface area contributed by atoms with Gasteiger partial charge in [-0.15, -0.1) is 12.4 Å². The van der Waals surface area contributed by atoms with Gasteiger partial charge >= 0.3 is 0 Å². The highest BCUT2D eigenvalue weighted by atomic mass is 79.9. The van der Waals surface area contributed by atoms with E-state index in [1.54, 1.807) is 6.08 Å². The lowest BCUT2D eigenvalue weighted by Gasteiger charge is -2.15. The topological polar surface area (TPSA) is 56.5 Å². The Morgan fingerprint density at radius 3 is 2.71 bits per heavy atom. The van der Waals surface area contributed by atoms with Gasteiger partial charge in [-0.1, -0.05) is 17.8 Å². The van der Waals surface area contributed by atoms with Crippen LogP contribution in [0.3, 0.4) is 0 Å². The Morgan fingerprint density at radius 2 is 2.08 bits per heavy atom. The predicted octanol–water partition coefficient (Wildman–Crippen LogP) is 4.42. The third kappa shape index (κ3) is 5.85. The molecule has 1 aromatic carbocycles. The molecule has 0 bridgehead atoms. The summed E-state index contributed by atoms with van der Waals surface area (Å²) in [7, 11) is 0. The minimum absolute atomic E-state index is 0. The summed E-state index contributed by atoms with van der Waals surface area (Å²) in [5.74, 6) is 2.23. The molecule has 0 saturated heterocycles. The second-order valence-electron chi connectivity index (χ2n) is 4.97. The second kappa shape index (κ2) is 10.4. The summed E-state index contributed by atoms with van der Waals surface area (Å²) in [6.07, 6.45) is 1.71. The van der Waals surface area contributed by atoms with Crippen LogP contribution < -0.4 is 14.8 Å². The van der Waals surface area contributed by atoms with Crippen molar-refractivity contribution in [2.24, 2.45) is 0 Å². The van der Waals surface area contributed by atoms with Crippen LogP contribution in [0.1, 0.15) is 23.9 Å². The van der Waals surface area contributed by atoms with E-state index >= 15 is 0 Å². The Balaban J connectivity index is 0.00000288. The van der Waals surface area contributed by atoms with Crippen molar-refractivity contribution in [3.05, 3.63) is 52.3 Å². The van der Waals surface area contributed by atoms with E-state index < -0.39 is 0 Å². The van der Waals surface area contributed by atoms with Crippen LogP contribution in [0.4, 0.5) is 0 Å². The molecule has 5 nitrogen and oxygen atoms in total. The van der Waals surface area contributed by atoms with Gasteiger partial charge in [0.15, 0.2) is 11.5 Å². The van der Waals surface area contributed by atoms with E-state index in [-0.39, 0.29) is 12.4 Å². The van der Waals surface area contributed by atoms with Gasteiger partial charge in [-0.25, -0.2) is 0 Å². The molecule has 1 aromatic heterocycles. The molecule has 1 N–H and O–H groups in total. The van der Waals surface area contributed by atoms with Gasteiger partial charge in [0.25, 0.3) is 0 Å². The Kier molecular flexibility index (Phi) is 8.89. The van der Waals surface area contributed by atoms with Crippen molar-refractivity contribution in [1.82, 2.24) is 10.5 Å². The van der Waals surface area contributed by atoms with Gasteiger partial charge in [0.05, 0.1) is 16.8 Å². The van der Waals surface area contributed by atoms with Crippen molar-refractivity contribution in [3.8, 4) is 11.5 Å². The molecule has 0 aliphatic rings. The van der Waals surface area contributed by atoms with E-state index in [0.29, 0.717) is 32.1 Å². The maximum atomic E-state index is 5.68. The van der Waals surface area contributed by atoms with E-state index in [1.165, 1.54) is 0 Å². The molecule has 0 aliphatic heterocycles. The van der Waals surface area contributed by atoms with Crippen LogP contribution in [0.25, 0.3) is 0 Å². The van der Waals surface area contributed by atoms with Crippen LogP contribution >= 0.6 is 28.3 Å². The number of halogens is 2. The lowest BCUT2D eigenvalue weighted by molar-refractivity contribution is 0.295. The number of nitrogens with one attached hydrogen (secondary N) is 1. The number of benzene rings is 1. The lowest BCUT2D eigenvalue weighted by atomic mass is 10.2. The maximum absolute atomic E-state index is 5.68. The average molecular weight is 418 g/mol. The quantitative estimate of drug-likeness (QED) is 0.612. The number of rotatable bonds is 9. The maximum Gasteiger partial charge on any atom is 0.175 e. The summed E-state index contributed by atoms with van der Waals surface area (Å²) < 4.78 is 17.3. The van der Waals surface area contributed by atoms with Gasteiger partial charge in [0, 0.05) is 19.2 Å². The molecule has 24 heavy (non-hydrogen) atoms. The fraction of sp³-hybridized carbons (Fsp3) is 0.353. The van der Waals surface area contributed by atoms with Crippen molar-refractivity contribution in [2.45, 2.75) is 26.9 Å². The number of hydrogen-bond acceptors (Lipinski definition) is 5. The summed E-state index contributed by atoms with van der Waals surface area (Å²) in [5, 5.41) is 7.29. The lowest BCUT2D eigenvalue weighted by Crippen LogP contribution is -2.13. The molecule has 0 spiro atoms. The molecule has 0 amide bonds. The first kappa shape index (κ1) is 20.5. The van der Waals surface area contributed by atoms with Crippen LogP contribution in [0, 0.1) is 6.92 Å². The molecule has 0 radical (unpaired) electrons. The summed E-state index contributed by atoms with van der Waals surface area (Å²) in [4.78, 5) is 0. The Labute approximate surface area is 156 Å². The van der Waals surface area contributed by atoms with Gasteiger partial charge in [-0.2, -0.15) is 0 Å². The number of ether oxygens (including phenoxy) is 2. The zero-order valence-electron chi connectivity index (χ0n) is 13.8. The van der Waals surface area contributed by atoms with Crippen LogP contribution in [0.5, 0.6) is 11.5 Å². The molecular formula is C17H22BrClN2O3. The van der Waals surface area contributed by atoms with Crippen molar-refractivity contribution in [2.75, 3.05) is 13.2 Å². The van der Waals surface area contributed by atoms with Crippen LogP contribution in [0.15, 0.2) is 39.8 Å². The summed E-state index contributed by atoms with van der Waals surface area (Å²) in [5.41, 5.74) is 1.98. The van der Waals surface area contributed by atoms with E-state index in [9.17, 15) is 0 Å². The Morgan fingerprint density at radius 1 is 1.29 bits per heavy atom. The zero-order valence-corrected chi connectivity index (χ0v) is 16.2. The number of aromatic nitrogens is 1. The van der Waals surface area contributed by atoms with Crippen molar-refractivity contribution >= 4 is 28.3 Å². The second-order valence-corrected chi connectivity index (χ2v) is 5.82. The molecule has 0 saturated carbocycles. The normalized spacial score (nSPS) is 10.1. The SMILES string of the molecule is C=CCOc1c(Br)cc(CNCc2cc(C)on2)cc1OCC.Cl. The van der Waals surface area contributed by atoms with Gasteiger partial charge < -0.3 is 19.3 Å². The summed E-state index contributed by atoms with van der Waals surface area (Å²) in [6, 6.07) is 5.91. The molecule has 2 rings (SSSR count). The molecule has 7 heteroatoms. The van der Waals surface area contributed by atoms with Crippen LogP contribution in [-0.4, -0.2) is 18.4 Å². The smallest absolute Gasteiger partial charge is 0.175 e. The third-order valence-corrected chi connectivity index (χ3v) is 3.62. The molecule has 2 aromatic rings. The summed E-state index contributed by atoms with van der Waals surface area (Å²) >= 11 is 3.54. The van der Waals surface area contributed by atoms with E-state index in [2.05, 4.69) is 33.0 Å². The monoisotopic (exact) mass is 416 g/mol. The van der Waals surface area contributed by atoms with E-state index in [4.69, 9.17) is 14.0 Å². The van der Waals surface area contributed by atoms with Crippen LogP contribution in [0.2, 0.25) is 0 Å². The molecular weight excluding hydrogens is 396 g/mol. The van der Waals surface area contributed by atoms with E-state index in [1.807, 2.05) is 32.0 Å². The largest absolute Gasteiger partial charge is 0.490 e. The standard InChI is InChI=1S/C17H21BrN2O3.ClH/c1-4-6-22-17-15(18)8-13(9-16(17)21-5-2)10-19-11-14-7-12(3)23-20-14;/h4,7-9,19H,1,5-6,10-11H2,2-3H3;1H. The molecule has 132 valence electrons. The minimum Gasteiger partial charge on any atom is -0.490 e. The molecule has 0 unspecified atom stereocenters. The van der Waals surface area contributed by atoms with Crippen molar-refractivity contribution < 1.29 is 14.0 Å². The van der Waals surface area contributed by atoms with Crippen molar-refractivity contribution in [1.29, 1.82) is 0 Å². The summed E-state index contributed by atoms with van der Waals surface area (Å²) in [6.45, 7) is 9.83. The van der Waals surface area contributed by atoms with Crippen molar-refractivity contribution in [3.63, 3.8) is 0 Å². The third-order valence-electron chi connectivity index (χ3n) is 3.03. The average Bonchev–Trinajstić information content (AvgIpc) is 2.92. The number of aryl methyl sites for hydroxylation is 1. The fourth-order valence-electron chi connectivity index (χ4n) is 2.10. The first-order chi connectivity index (χ1) is 11.1. The fourth-order valence-corrected chi connectivity index (χ4v) is 2.71. The highest BCUT2D eigenvalue weighted by Crippen LogP contribution is 2.37. The molecule has 0 atom stereocenters. The van der Waals surface area contributed by atoms with Gasteiger partial charge in [-0.05, 0) is 47.5 Å². The van der Waals surface area contributed by atoms with Gasteiger partial charge in [-0.3, -0.25) is 0 Å². The van der Waals surface area contributed by atoms with Gasteiger partial charge in [0.2, 0.25) is 0 Å². The van der Waals surface area contributed by atoms with Crippen LogP contribution in [-0.2, 0) is 13.1 Å². The Hall–Kier alpha value is -1.50. The minimum atomic E-state index is 0.